The van der Waals surface area contributed by atoms with Crippen molar-refractivity contribution < 1.29 is 231 Å². The SMILES string of the molecule is C=CC(C)(O)CCC=C(C)C(=O)OC1C(OC(C)(C=C)CCC=C(C)C(=O)OCC2OC(OC(=O)C34CCC(C)(C)CC3C3=CCC5C6(C)CCC(OC7OC(COC8OCC(O)C(O)C8OC8OCC(O)C(O)C8O)C(O)C(O)C7NC(C)=O)C(C)(C)C6CCC5(C)C3(C)CC4O)C(OC3OC(C)C(OC4OCC(O)C(OC5OCC(O)C(O)C5O)C4O)C(OC4OC(CO)C(O)C(O)C4O)C3O)C(O)C2O)OCC(O)C1O. The smallest absolute Gasteiger partial charge is 0.333 e. The number of ether oxygens (including phenoxy) is 20. The fourth-order valence-electron chi connectivity index (χ4n) is 25.0. The van der Waals surface area contributed by atoms with Crippen molar-refractivity contribution in [1.29, 1.82) is 0 Å². The lowest BCUT2D eigenvalue weighted by Gasteiger charge is -2.72. The molecule has 14 aliphatic rings. The zero-order valence-electron chi connectivity index (χ0n) is 86.2. The van der Waals surface area contributed by atoms with Crippen LogP contribution in [0.1, 0.15) is 173 Å². The van der Waals surface area contributed by atoms with Crippen molar-refractivity contribution in [1.82, 2.24) is 5.32 Å². The van der Waals surface area contributed by atoms with Gasteiger partial charge in [0.25, 0.3) is 0 Å². The third kappa shape index (κ3) is 24.3. The minimum Gasteiger partial charge on any atom is -0.459 e. The van der Waals surface area contributed by atoms with Crippen LogP contribution in [0.2, 0.25) is 0 Å². The standard InChI is InChI=1S/C101H159NO47/c1-16-96(11,129)26-18-20-43(4)83(127)142-80-64(114)51(108)38-135-91(80)149-97(12,17-2)27-19-21-42(3)82(126)130-40-54-67(117)70(120)81(147-89-75(125)78(145-88-73(123)69(119)65(115)53(34-103)138-88)76(44(5)137-89)143-87-74(124)77(52(109)39-133-87)144-85-71(121)61(111)48(105)35-131-85)92(140-54)148-93(128)101-31-30-94(7,8)32-47(101)46-22-23-57-98(13)28-25-59(95(9,10)56(98)24-29-99(57,14)100(46,15)33-58(101)110)141-84-60(102-45(6)104)68(118)66(116)55(139-84)41-136-90-79(63(113)50(107)37-134-90)146-86-72(122)62(112)49(106)36-132-86/h16-17,20-22,44,47-81,84-92,103,105-125,129H,1-2,18-19,23-41H2,3-15H3,(H,102,104). The number of rotatable bonds is 34. The first-order valence-corrected chi connectivity index (χ1v) is 51.6. The Balaban J connectivity index is 0.726. The van der Waals surface area contributed by atoms with E-state index >= 15 is 4.79 Å². The van der Waals surface area contributed by atoms with E-state index in [2.05, 4.69) is 59.2 Å². The first-order chi connectivity index (χ1) is 69.8. The van der Waals surface area contributed by atoms with Gasteiger partial charge in [-0.1, -0.05) is 84.4 Å². The van der Waals surface area contributed by atoms with Gasteiger partial charge >= 0.3 is 17.9 Å². The number of amides is 1. The van der Waals surface area contributed by atoms with Crippen molar-refractivity contribution in [3.8, 4) is 0 Å². The summed E-state index contributed by atoms with van der Waals surface area (Å²) in [4.78, 5) is 57.5. The van der Waals surface area contributed by atoms with Crippen molar-refractivity contribution in [3.05, 3.63) is 60.3 Å². The summed E-state index contributed by atoms with van der Waals surface area (Å²) < 4.78 is 122. The van der Waals surface area contributed by atoms with Gasteiger partial charge in [-0.3, -0.25) is 9.59 Å². The van der Waals surface area contributed by atoms with Crippen LogP contribution in [-0.2, 0) is 114 Å². The third-order valence-electron chi connectivity index (χ3n) is 34.6. The van der Waals surface area contributed by atoms with Gasteiger partial charge in [0.1, 0.15) is 183 Å². The molecule has 48 heteroatoms. The van der Waals surface area contributed by atoms with Gasteiger partial charge < -0.3 is 218 Å². The normalized spacial score (nSPS) is 47.9. The highest BCUT2D eigenvalue weighted by atomic mass is 16.8. The molecule has 51 atom stereocenters. The second-order valence-corrected chi connectivity index (χ2v) is 45.7. The number of hydrogen-bond acceptors (Lipinski definition) is 47. The van der Waals surface area contributed by atoms with Gasteiger partial charge in [-0.15, -0.1) is 13.2 Å². The molecule has 1 amide bonds. The molecule has 48 nitrogen and oxygen atoms in total. The Bertz CT molecular complexity index is 4620. The number of aliphatic hydroxyl groups excluding tert-OH is 22. The van der Waals surface area contributed by atoms with E-state index in [1.165, 1.54) is 52.0 Å². The van der Waals surface area contributed by atoms with Crippen LogP contribution in [0, 0.1) is 50.2 Å². The molecule has 0 aromatic heterocycles. The number of carbonyl (C=O) groups excluding carboxylic acids is 4. The average Bonchev–Trinajstić information content (AvgIpc) is 0.667. The molecule has 9 aliphatic heterocycles. The number of hydrogen-bond donors (Lipinski definition) is 24. The largest absolute Gasteiger partial charge is 0.459 e. The molecule has 4 saturated carbocycles. The number of carbonyl (C=O) groups is 4. The predicted molar refractivity (Wildman–Crippen MR) is 503 cm³/mol. The first kappa shape index (κ1) is 119. The molecule has 5 aliphatic carbocycles. The van der Waals surface area contributed by atoms with Gasteiger partial charge in [0.2, 0.25) is 12.2 Å². The second kappa shape index (κ2) is 47.6. The molecule has 0 bridgehead atoms. The van der Waals surface area contributed by atoms with Gasteiger partial charge in [-0.2, -0.15) is 0 Å². The number of allylic oxidation sites excluding steroid dienone is 4. The topological polar surface area (TPSA) is 730 Å². The van der Waals surface area contributed by atoms with E-state index in [0.717, 1.165) is 5.57 Å². The lowest BCUT2D eigenvalue weighted by Crippen LogP contribution is -2.69. The lowest BCUT2D eigenvalue weighted by atomic mass is 9.33. The van der Waals surface area contributed by atoms with Gasteiger partial charge in [0.15, 0.2) is 62.5 Å². The number of esters is 3. The van der Waals surface area contributed by atoms with Gasteiger partial charge in [0.05, 0.1) is 75.8 Å². The van der Waals surface area contributed by atoms with Crippen molar-refractivity contribution in [2.45, 2.75) is 443 Å². The quantitative estimate of drug-likeness (QED) is 0.00942. The summed E-state index contributed by atoms with van der Waals surface area (Å²) in [5, 5.41) is 262. The molecule has 850 valence electrons. The van der Waals surface area contributed by atoms with Gasteiger partial charge in [0, 0.05) is 18.1 Å². The van der Waals surface area contributed by atoms with E-state index < -0.39 is 384 Å². The molecular weight excluding hydrogens is 1980 g/mol. The Morgan fingerprint density at radius 3 is 1.58 bits per heavy atom. The van der Waals surface area contributed by atoms with Gasteiger partial charge in [-0.25, -0.2) is 9.59 Å². The van der Waals surface area contributed by atoms with Gasteiger partial charge in [-0.05, 0) is 163 Å². The van der Waals surface area contributed by atoms with Crippen LogP contribution in [0.3, 0.4) is 0 Å². The Hall–Kier alpha value is -5.02. The Morgan fingerprint density at radius 2 is 0.966 bits per heavy atom. The lowest BCUT2D eigenvalue weighted by molar-refractivity contribution is -0.398. The molecule has 51 unspecified atom stereocenters. The summed E-state index contributed by atoms with van der Waals surface area (Å²) in [5.74, 6) is -4.58. The highest BCUT2D eigenvalue weighted by Crippen LogP contribution is 2.76. The fourth-order valence-corrected chi connectivity index (χ4v) is 25.0. The number of nitrogens with one attached hydrogen (secondary N) is 1. The maximum Gasteiger partial charge on any atom is 0.333 e. The first-order valence-electron chi connectivity index (χ1n) is 51.6. The Labute approximate surface area is 862 Å². The van der Waals surface area contributed by atoms with Crippen LogP contribution in [0.25, 0.3) is 0 Å². The van der Waals surface area contributed by atoms with Crippen molar-refractivity contribution >= 4 is 23.8 Å². The average molecular weight is 2140 g/mol. The minimum absolute atomic E-state index is 0.00562. The van der Waals surface area contributed by atoms with Crippen LogP contribution >= 0.6 is 0 Å². The van der Waals surface area contributed by atoms with E-state index in [-0.39, 0.29) is 61.5 Å². The minimum atomic E-state index is -2.34. The molecule has 0 aromatic rings. The molecule has 149 heavy (non-hydrogen) atoms. The Morgan fingerprint density at radius 1 is 0.463 bits per heavy atom. The molecule has 24 N–H and O–H groups in total. The highest BCUT2D eigenvalue weighted by Gasteiger charge is 2.73. The maximum atomic E-state index is 16.7. The molecule has 9 saturated heterocycles. The van der Waals surface area contributed by atoms with E-state index in [1.54, 1.807) is 13.8 Å². The summed E-state index contributed by atoms with van der Waals surface area (Å²) in [6.45, 7) is 25.9. The van der Waals surface area contributed by atoms with E-state index in [9.17, 15) is 132 Å². The monoisotopic (exact) mass is 2140 g/mol. The second-order valence-electron chi connectivity index (χ2n) is 45.7. The molecule has 13 fully saturated rings. The summed E-state index contributed by atoms with van der Waals surface area (Å²) in [6, 6.07) is -1.34. The number of aliphatic hydroxyl groups is 23. The summed E-state index contributed by atoms with van der Waals surface area (Å²) in [5.41, 5.74) is -6.74. The molecule has 0 spiro atoms. The third-order valence-corrected chi connectivity index (χ3v) is 34.6. The predicted octanol–water partition coefficient (Wildman–Crippen LogP) is -5.15. The molecule has 0 radical (unpaired) electrons. The molecular formula is C101H159NO47. The van der Waals surface area contributed by atoms with Crippen LogP contribution < -0.4 is 5.32 Å². The zero-order chi connectivity index (χ0) is 109. The molecule has 0 aromatic carbocycles. The zero-order valence-corrected chi connectivity index (χ0v) is 86.2. The summed E-state index contributed by atoms with van der Waals surface area (Å²) in [6.07, 6.45) is -61.3. The summed E-state index contributed by atoms with van der Waals surface area (Å²) >= 11 is 0. The Kier molecular flexibility index (Phi) is 38.2. The van der Waals surface area contributed by atoms with Crippen LogP contribution in [0.4, 0.5) is 0 Å². The van der Waals surface area contributed by atoms with E-state index in [0.29, 0.717) is 44.9 Å². The molecule has 9 heterocycles. The van der Waals surface area contributed by atoms with Crippen LogP contribution in [0.5, 0.6) is 0 Å². The van der Waals surface area contributed by atoms with Crippen molar-refractivity contribution in [3.63, 3.8) is 0 Å². The van der Waals surface area contributed by atoms with E-state index in [1.807, 2.05) is 13.8 Å². The maximum absolute atomic E-state index is 16.7. The van der Waals surface area contributed by atoms with E-state index in [4.69, 9.17) is 94.7 Å². The van der Waals surface area contributed by atoms with Crippen LogP contribution in [0.15, 0.2) is 60.3 Å². The molecule has 14 rings (SSSR count). The number of fused-ring (bicyclic) bond motifs is 7. The van der Waals surface area contributed by atoms with Crippen molar-refractivity contribution in [2.24, 2.45) is 50.2 Å². The highest BCUT2D eigenvalue weighted by molar-refractivity contribution is 5.88. The van der Waals surface area contributed by atoms with Crippen LogP contribution in [-0.4, -0.2) is 463 Å². The fraction of sp³-hybridized carbons (Fsp3) is 0.861. The van der Waals surface area contributed by atoms with Crippen molar-refractivity contribution in [2.75, 3.05) is 52.9 Å². The summed E-state index contributed by atoms with van der Waals surface area (Å²) in [7, 11) is 0.